The topological polar surface area (TPSA) is 58.2 Å². The van der Waals surface area contributed by atoms with Crippen molar-refractivity contribution in [1.82, 2.24) is 4.72 Å². The van der Waals surface area contributed by atoms with Crippen LogP contribution in [0.4, 0.5) is 5.69 Å². The van der Waals surface area contributed by atoms with Gasteiger partial charge in [-0.05, 0) is 49.4 Å². The molecule has 0 radical (unpaired) electrons. The lowest BCUT2D eigenvalue weighted by molar-refractivity contribution is 0.359. The van der Waals surface area contributed by atoms with E-state index in [1.807, 2.05) is 12.1 Å². The van der Waals surface area contributed by atoms with Crippen LogP contribution in [0.25, 0.3) is 0 Å². The zero-order chi connectivity index (χ0) is 15.0. The Morgan fingerprint density at radius 3 is 2.15 bits per heavy atom. The van der Waals surface area contributed by atoms with Gasteiger partial charge >= 0.3 is 0 Å². The molecule has 0 saturated heterocycles. The van der Waals surface area contributed by atoms with Gasteiger partial charge in [0.25, 0.3) is 0 Å². The summed E-state index contributed by atoms with van der Waals surface area (Å²) in [4.78, 5) is 0.332. The molecule has 1 atom stereocenters. The normalized spacial score (nSPS) is 17.8. The van der Waals surface area contributed by atoms with Crippen molar-refractivity contribution in [3.63, 3.8) is 0 Å². The average molecular weight is 296 g/mol. The fourth-order valence-corrected chi connectivity index (χ4v) is 2.99. The predicted octanol–water partition coefficient (Wildman–Crippen LogP) is 2.97. The lowest BCUT2D eigenvalue weighted by Gasteiger charge is -2.29. The fraction of sp³-hybridized carbons (Fsp3) is 0.600. The highest BCUT2D eigenvalue weighted by Crippen LogP contribution is 2.25. The molecule has 1 fully saturated rings. The monoisotopic (exact) mass is 296 g/mol. The second-order valence-electron chi connectivity index (χ2n) is 6.65. The van der Waals surface area contributed by atoms with Crippen LogP contribution in [0.3, 0.4) is 0 Å². The van der Waals surface area contributed by atoms with Gasteiger partial charge in [-0.2, -0.15) is 0 Å². The highest BCUT2D eigenvalue weighted by molar-refractivity contribution is 7.89. The molecule has 1 saturated carbocycles. The minimum absolute atomic E-state index is 0.138. The van der Waals surface area contributed by atoms with Crippen LogP contribution in [-0.4, -0.2) is 20.5 Å². The molecule has 5 heteroatoms. The summed E-state index contributed by atoms with van der Waals surface area (Å²) in [6.45, 7) is 8.63. The molecule has 1 aliphatic carbocycles. The molecule has 0 aliphatic heterocycles. The van der Waals surface area contributed by atoms with E-state index < -0.39 is 10.0 Å². The Bertz CT molecular complexity index is 555. The maximum atomic E-state index is 12.0. The van der Waals surface area contributed by atoms with E-state index in [4.69, 9.17) is 0 Å². The first-order valence-electron chi connectivity index (χ1n) is 7.07. The highest BCUT2D eigenvalue weighted by atomic mass is 32.2. The van der Waals surface area contributed by atoms with Gasteiger partial charge in [0.2, 0.25) is 10.0 Å². The Morgan fingerprint density at radius 1 is 1.15 bits per heavy atom. The summed E-state index contributed by atoms with van der Waals surface area (Å²) in [6, 6.07) is 7.39. The summed E-state index contributed by atoms with van der Waals surface area (Å²) in [5.41, 5.74) is 1.09. The third kappa shape index (κ3) is 3.96. The van der Waals surface area contributed by atoms with Gasteiger partial charge in [0, 0.05) is 17.8 Å². The van der Waals surface area contributed by atoms with E-state index in [9.17, 15) is 8.42 Å². The molecule has 0 aromatic heterocycles. The van der Waals surface area contributed by atoms with Crippen LogP contribution >= 0.6 is 0 Å². The van der Waals surface area contributed by atoms with E-state index in [1.165, 1.54) is 0 Å². The number of benzene rings is 1. The largest absolute Gasteiger partial charge is 0.382 e. The summed E-state index contributed by atoms with van der Waals surface area (Å²) < 4.78 is 26.8. The predicted molar refractivity (Wildman–Crippen MR) is 82.3 cm³/mol. The SMILES string of the molecule is CC(Nc1ccc(S(=O)(=O)NC2CC2)cc1)C(C)(C)C. The van der Waals surface area contributed by atoms with Gasteiger partial charge in [0.05, 0.1) is 4.90 Å². The maximum Gasteiger partial charge on any atom is 0.240 e. The lowest BCUT2D eigenvalue weighted by Crippen LogP contribution is -2.30. The number of sulfonamides is 1. The van der Waals surface area contributed by atoms with E-state index in [-0.39, 0.29) is 11.5 Å². The highest BCUT2D eigenvalue weighted by Gasteiger charge is 2.28. The molecule has 1 aromatic carbocycles. The van der Waals surface area contributed by atoms with Gasteiger partial charge in [-0.15, -0.1) is 0 Å². The molecular formula is C15H24N2O2S. The van der Waals surface area contributed by atoms with E-state index in [0.29, 0.717) is 10.9 Å². The third-order valence-corrected chi connectivity index (χ3v) is 5.28. The second kappa shape index (κ2) is 5.37. The van der Waals surface area contributed by atoms with Gasteiger partial charge in [-0.1, -0.05) is 20.8 Å². The molecule has 112 valence electrons. The van der Waals surface area contributed by atoms with Crippen LogP contribution in [0.2, 0.25) is 0 Å². The van der Waals surface area contributed by atoms with Crippen LogP contribution in [0.1, 0.15) is 40.5 Å². The van der Waals surface area contributed by atoms with Crippen molar-refractivity contribution in [2.75, 3.05) is 5.32 Å². The summed E-state index contributed by atoms with van der Waals surface area (Å²) in [5, 5.41) is 3.40. The number of hydrogen-bond donors (Lipinski definition) is 2. The first-order valence-corrected chi connectivity index (χ1v) is 8.56. The van der Waals surface area contributed by atoms with Crippen molar-refractivity contribution in [2.45, 2.75) is 57.5 Å². The Balaban J connectivity index is 2.06. The molecule has 2 N–H and O–H groups in total. The van der Waals surface area contributed by atoms with Crippen LogP contribution in [0.15, 0.2) is 29.2 Å². The summed E-state index contributed by atoms with van der Waals surface area (Å²) in [7, 11) is -3.35. The molecule has 2 rings (SSSR count). The Kier molecular flexibility index (Phi) is 4.12. The summed E-state index contributed by atoms with van der Waals surface area (Å²) >= 11 is 0. The van der Waals surface area contributed by atoms with Gasteiger partial charge in [-0.3, -0.25) is 0 Å². The van der Waals surface area contributed by atoms with Gasteiger partial charge in [-0.25, -0.2) is 13.1 Å². The fourth-order valence-electron chi connectivity index (χ4n) is 1.69. The van der Waals surface area contributed by atoms with Crippen LogP contribution in [0, 0.1) is 5.41 Å². The Labute approximate surface area is 122 Å². The van der Waals surface area contributed by atoms with Crippen molar-refractivity contribution in [3.05, 3.63) is 24.3 Å². The van der Waals surface area contributed by atoms with E-state index in [0.717, 1.165) is 18.5 Å². The smallest absolute Gasteiger partial charge is 0.240 e. The van der Waals surface area contributed by atoms with Crippen molar-refractivity contribution in [3.8, 4) is 0 Å². The number of hydrogen-bond acceptors (Lipinski definition) is 3. The zero-order valence-electron chi connectivity index (χ0n) is 12.6. The Hall–Kier alpha value is -1.07. The number of anilines is 1. The lowest BCUT2D eigenvalue weighted by atomic mass is 9.88. The summed E-state index contributed by atoms with van der Waals surface area (Å²) in [5.74, 6) is 0. The molecule has 0 spiro atoms. The van der Waals surface area contributed by atoms with Gasteiger partial charge in [0.1, 0.15) is 0 Å². The van der Waals surface area contributed by atoms with E-state index in [1.54, 1.807) is 12.1 Å². The number of rotatable bonds is 5. The van der Waals surface area contributed by atoms with E-state index in [2.05, 4.69) is 37.7 Å². The quantitative estimate of drug-likeness (QED) is 0.878. The molecule has 1 aliphatic rings. The molecule has 20 heavy (non-hydrogen) atoms. The van der Waals surface area contributed by atoms with Gasteiger partial charge < -0.3 is 5.32 Å². The minimum Gasteiger partial charge on any atom is -0.382 e. The van der Waals surface area contributed by atoms with Crippen molar-refractivity contribution >= 4 is 15.7 Å². The van der Waals surface area contributed by atoms with Crippen LogP contribution < -0.4 is 10.0 Å². The molecule has 1 aromatic rings. The summed E-state index contributed by atoms with van der Waals surface area (Å²) in [6.07, 6.45) is 1.89. The van der Waals surface area contributed by atoms with Crippen molar-refractivity contribution in [1.29, 1.82) is 0 Å². The van der Waals surface area contributed by atoms with Crippen LogP contribution in [0.5, 0.6) is 0 Å². The molecule has 0 amide bonds. The Morgan fingerprint density at radius 2 is 1.70 bits per heavy atom. The minimum atomic E-state index is -3.35. The van der Waals surface area contributed by atoms with E-state index >= 15 is 0 Å². The van der Waals surface area contributed by atoms with Gasteiger partial charge in [0.15, 0.2) is 0 Å². The maximum absolute atomic E-state index is 12.0. The molecule has 0 heterocycles. The second-order valence-corrected chi connectivity index (χ2v) is 8.37. The molecule has 0 bridgehead atoms. The van der Waals surface area contributed by atoms with Crippen molar-refractivity contribution < 1.29 is 8.42 Å². The van der Waals surface area contributed by atoms with Crippen molar-refractivity contribution in [2.24, 2.45) is 5.41 Å². The average Bonchev–Trinajstić information content (AvgIpc) is 3.11. The van der Waals surface area contributed by atoms with Crippen LogP contribution in [-0.2, 0) is 10.0 Å². The standard InChI is InChI=1S/C15H24N2O2S/c1-11(15(2,3)4)16-12-7-9-14(10-8-12)20(18,19)17-13-5-6-13/h7-11,13,16-17H,5-6H2,1-4H3. The molecular weight excluding hydrogens is 272 g/mol. The first-order chi connectivity index (χ1) is 9.18. The third-order valence-electron chi connectivity index (χ3n) is 3.75. The molecule has 4 nitrogen and oxygen atoms in total. The number of nitrogens with one attached hydrogen (secondary N) is 2. The molecule has 1 unspecified atom stereocenters. The zero-order valence-corrected chi connectivity index (χ0v) is 13.4. The first kappa shape index (κ1) is 15.3.